The van der Waals surface area contributed by atoms with Crippen LogP contribution in [-0.4, -0.2) is 27.5 Å². The summed E-state index contributed by atoms with van der Waals surface area (Å²) in [6.45, 7) is 16.9. The minimum atomic E-state index is -1.81. The summed E-state index contributed by atoms with van der Waals surface area (Å²) >= 11 is 0. The largest absolute Gasteiger partial charge is 0.463 e. The Hall–Kier alpha value is -0.613. The van der Waals surface area contributed by atoms with Crippen molar-refractivity contribution in [3.63, 3.8) is 0 Å². The van der Waals surface area contributed by atoms with E-state index in [9.17, 15) is 4.79 Å². The molecule has 0 spiro atoms. The molecule has 16 heavy (non-hydrogen) atoms. The van der Waals surface area contributed by atoms with Crippen LogP contribution in [0.4, 0.5) is 0 Å². The van der Waals surface area contributed by atoms with E-state index in [4.69, 9.17) is 9.16 Å². The number of rotatable bonds is 5. The zero-order valence-corrected chi connectivity index (χ0v) is 12.3. The van der Waals surface area contributed by atoms with E-state index in [1.165, 1.54) is 0 Å². The molecule has 0 heterocycles. The average molecular weight is 244 g/mol. The van der Waals surface area contributed by atoms with Gasteiger partial charge < -0.3 is 9.16 Å². The highest BCUT2D eigenvalue weighted by Crippen LogP contribution is 2.36. The van der Waals surface area contributed by atoms with Gasteiger partial charge in [0.2, 0.25) is 0 Å². The van der Waals surface area contributed by atoms with Crippen LogP contribution in [0.25, 0.3) is 0 Å². The fraction of sp³-hybridized carbons (Fsp3) is 0.750. The van der Waals surface area contributed by atoms with Gasteiger partial charge in [-0.3, -0.25) is 0 Å². The van der Waals surface area contributed by atoms with Gasteiger partial charge in [-0.05, 0) is 25.1 Å². The van der Waals surface area contributed by atoms with Gasteiger partial charge in [0.05, 0.1) is 18.8 Å². The van der Waals surface area contributed by atoms with Crippen molar-refractivity contribution in [2.24, 2.45) is 0 Å². The molecular formula is C12H24O3Si. The van der Waals surface area contributed by atoms with Crippen molar-refractivity contribution in [1.82, 2.24) is 0 Å². The molecule has 0 amide bonds. The first-order valence-corrected chi connectivity index (χ1v) is 8.51. The maximum atomic E-state index is 11.3. The number of ether oxygens (including phenoxy) is 1. The lowest BCUT2D eigenvalue weighted by molar-refractivity contribution is -0.138. The second kappa shape index (κ2) is 5.64. The van der Waals surface area contributed by atoms with Crippen molar-refractivity contribution >= 4 is 14.3 Å². The summed E-state index contributed by atoms with van der Waals surface area (Å²) in [5, 5.41) is 0.141. The fourth-order valence-corrected chi connectivity index (χ4v) is 1.74. The van der Waals surface area contributed by atoms with Gasteiger partial charge in [-0.15, -0.1) is 0 Å². The SMILES string of the molecule is C=C(CO[Si](C)(C)C(C)(C)C)C(=O)OCC. The summed E-state index contributed by atoms with van der Waals surface area (Å²) in [7, 11) is -1.81. The topological polar surface area (TPSA) is 35.5 Å². The highest BCUT2D eigenvalue weighted by Gasteiger charge is 2.37. The van der Waals surface area contributed by atoms with Crippen molar-refractivity contribution < 1.29 is 14.0 Å². The van der Waals surface area contributed by atoms with Crippen LogP contribution in [0.1, 0.15) is 27.7 Å². The van der Waals surface area contributed by atoms with Crippen LogP contribution >= 0.6 is 0 Å². The average Bonchev–Trinajstić information content (AvgIpc) is 2.12. The van der Waals surface area contributed by atoms with E-state index in [2.05, 4.69) is 40.4 Å². The second-order valence-corrected chi connectivity index (χ2v) is 10.2. The molecule has 4 heteroatoms. The monoisotopic (exact) mass is 244 g/mol. The molecule has 0 atom stereocenters. The molecule has 94 valence electrons. The molecule has 0 unspecified atom stereocenters. The number of carbonyl (C=O) groups is 1. The Morgan fingerprint density at radius 1 is 1.31 bits per heavy atom. The van der Waals surface area contributed by atoms with Crippen molar-refractivity contribution in [3.8, 4) is 0 Å². The smallest absolute Gasteiger partial charge is 0.335 e. The predicted octanol–water partition coefficient (Wildman–Crippen LogP) is 3.13. The third-order valence-electron chi connectivity index (χ3n) is 2.98. The van der Waals surface area contributed by atoms with Crippen molar-refractivity contribution in [3.05, 3.63) is 12.2 Å². The molecular weight excluding hydrogens is 220 g/mol. The third-order valence-corrected chi connectivity index (χ3v) is 7.46. The number of hydrogen-bond donors (Lipinski definition) is 0. The van der Waals surface area contributed by atoms with Crippen LogP contribution in [0.5, 0.6) is 0 Å². The summed E-state index contributed by atoms with van der Waals surface area (Å²) in [6, 6.07) is 0. The Morgan fingerprint density at radius 2 is 1.81 bits per heavy atom. The Labute approximate surface area is 100.0 Å². The molecule has 3 nitrogen and oxygen atoms in total. The van der Waals surface area contributed by atoms with Gasteiger partial charge in [-0.25, -0.2) is 4.79 Å². The van der Waals surface area contributed by atoms with Gasteiger partial charge >= 0.3 is 5.97 Å². The Morgan fingerprint density at radius 3 is 2.19 bits per heavy atom. The van der Waals surface area contributed by atoms with Crippen molar-refractivity contribution in [1.29, 1.82) is 0 Å². The Balaban J connectivity index is 4.26. The molecule has 0 aromatic carbocycles. The van der Waals surface area contributed by atoms with E-state index in [1.54, 1.807) is 6.92 Å². The first kappa shape index (κ1) is 15.4. The first-order chi connectivity index (χ1) is 7.12. The maximum absolute atomic E-state index is 11.3. The number of esters is 1. The lowest BCUT2D eigenvalue weighted by atomic mass is 10.2. The highest BCUT2D eigenvalue weighted by molar-refractivity contribution is 6.74. The molecule has 0 bridgehead atoms. The third kappa shape index (κ3) is 4.49. The first-order valence-electron chi connectivity index (χ1n) is 5.60. The molecule has 0 aromatic heterocycles. The molecule has 0 saturated heterocycles. The number of hydrogen-bond acceptors (Lipinski definition) is 3. The van der Waals surface area contributed by atoms with Crippen LogP contribution in [0.2, 0.25) is 18.1 Å². The molecule has 0 rings (SSSR count). The highest BCUT2D eigenvalue weighted by atomic mass is 28.4. The molecule has 0 aromatic rings. The van der Waals surface area contributed by atoms with Crippen molar-refractivity contribution in [2.75, 3.05) is 13.2 Å². The molecule has 0 aliphatic rings. The zero-order valence-electron chi connectivity index (χ0n) is 11.3. The summed E-state index contributed by atoms with van der Waals surface area (Å²) < 4.78 is 10.7. The van der Waals surface area contributed by atoms with E-state index >= 15 is 0 Å². The Bertz CT molecular complexity index is 264. The zero-order chi connectivity index (χ0) is 13.0. The molecule has 0 radical (unpaired) electrons. The van der Waals surface area contributed by atoms with Crippen LogP contribution in [-0.2, 0) is 14.0 Å². The maximum Gasteiger partial charge on any atom is 0.335 e. The van der Waals surface area contributed by atoms with Gasteiger partial charge in [0, 0.05) is 0 Å². The van der Waals surface area contributed by atoms with E-state index in [1.807, 2.05) is 0 Å². The summed E-state index contributed by atoms with van der Waals surface area (Å²) in [6.07, 6.45) is 0. The molecule has 0 fully saturated rings. The normalized spacial score (nSPS) is 12.4. The van der Waals surface area contributed by atoms with Crippen LogP contribution in [0.15, 0.2) is 12.2 Å². The summed E-state index contributed by atoms with van der Waals surface area (Å²) in [5.74, 6) is -0.360. The standard InChI is InChI=1S/C12H24O3Si/c1-8-14-11(13)10(2)9-15-16(6,7)12(3,4)5/h2,8-9H2,1,3-7H3. The minimum Gasteiger partial charge on any atom is -0.463 e. The summed E-state index contributed by atoms with van der Waals surface area (Å²) in [4.78, 5) is 11.3. The van der Waals surface area contributed by atoms with Gasteiger partial charge in [-0.1, -0.05) is 27.4 Å². The summed E-state index contributed by atoms with van der Waals surface area (Å²) in [5.41, 5.74) is 0.395. The molecule has 0 N–H and O–H groups in total. The van der Waals surface area contributed by atoms with Gasteiger partial charge in [0.15, 0.2) is 8.32 Å². The van der Waals surface area contributed by atoms with E-state index < -0.39 is 8.32 Å². The predicted molar refractivity (Wildman–Crippen MR) is 68.9 cm³/mol. The van der Waals surface area contributed by atoms with Gasteiger partial charge in [0.25, 0.3) is 0 Å². The molecule has 0 saturated carbocycles. The van der Waals surface area contributed by atoms with Crippen LogP contribution in [0, 0.1) is 0 Å². The Kier molecular flexibility index (Phi) is 5.42. The lowest BCUT2D eigenvalue weighted by Crippen LogP contribution is -2.41. The quantitative estimate of drug-likeness (QED) is 0.423. The van der Waals surface area contributed by atoms with Crippen LogP contribution < -0.4 is 0 Å². The van der Waals surface area contributed by atoms with E-state index in [0.29, 0.717) is 12.2 Å². The minimum absolute atomic E-state index is 0.141. The molecule has 0 aliphatic carbocycles. The van der Waals surface area contributed by atoms with E-state index in [-0.39, 0.29) is 17.6 Å². The van der Waals surface area contributed by atoms with Gasteiger partial charge in [-0.2, -0.15) is 0 Å². The molecule has 0 aliphatic heterocycles. The number of carbonyl (C=O) groups excluding carboxylic acids is 1. The second-order valence-electron chi connectivity index (χ2n) is 5.37. The van der Waals surface area contributed by atoms with Crippen molar-refractivity contribution in [2.45, 2.75) is 45.8 Å². The lowest BCUT2D eigenvalue weighted by Gasteiger charge is -2.36. The fourth-order valence-electron chi connectivity index (χ4n) is 0.776. The van der Waals surface area contributed by atoms with E-state index in [0.717, 1.165) is 0 Å². The van der Waals surface area contributed by atoms with Crippen LogP contribution in [0.3, 0.4) is 0 Å². The van der Waals surface area contributed by atoms with Gasteiger partial charge in [0.1, 0.15) is 0 Å².